The highest BCUT2D eigenvalue weighted by atomic mass is 15.4. The van der Waals surface area contributed by atoms with Crippen molar-refractivity contribution < 1.29 is 0 Å². The van der Waals surface area contributed by atoms with Gasteiger partial charge in [-0.3, -0.25) is 0 Å². The van der Waals surface area contributed by atoms with Gasteiger partial charge in [-0.1, -0.05) is 51.1 Å². The molecule has 2 aromatic heterocycles. The summed E-state index contributed by atoms with van der Waals surface area (Å²) in [7, 11) is 0. The van der Waals surface area contributed by atoms with Gasteiger partial charge in [0.25, 0.3) is 0 Å². The number of rotatable bonds is 3. The van der Waals surface area contributed by atoms with Crippen LogP contribution in [0.2, 0.25) is 0 Å². The Morgan fingerprint density at radius 1 is 1.00 bits per heavy atom. The van der Waals surface area contributed by atoms with E-state index < -0.39 is 0 Å². The van der Waals surface area contributed by atoms with Crippen LogP contribution in [0.25, 0.3) is 5.65 Å². The van der Waals surface area contributed by atoms with Crippen molar-refractivity contribution in [3.05, 3.63) is 53.9 Å². The SMILES string of the molecule is CC(C)(C)c1nnc2ccc(NCc3ccccc3)nn12. The summed E-state index contributed by atoms with van der Waals surface area (Å²) < 4.78 is 1.81. The number of nitrogens with one attached hydrogen (secondary N) is 1. The Morgan fingerprint density at radius 3 is 2.48 bits per heavy atom. The summed E-state index contributed by atoms with van der Waals surface area (Å²) in [5.41, 5.74) is 1.90. The molecule has 0 amide bonds. The van der Waals surface area contributed by atoms with Crippen LogP contribution in [0.5, 0.6) is 0 Å². The van der Waals surface area contributed by atoms with Crippen molar-refractivity contribution >= 4 is 11.5 Å². The van der Waals surface area contributed by atoms with Crippen molar-refractivity contribution in [2.45, 2.75) is 32.7 Å². The summed E-state index contributed by atoms with van der Waals surface area (Å²) in [6.45, 7) is 7.06. The molecule has 0 unspecified atom stereocenters. The summed E-state index contributed by atoms with van der Waals surface area (Å²) >= 11 is 0. The first kappa shape index (κ1) is 13.5. The van der Waals surface area contributed by atoms with E-state index in [1.54, 1.807) is 0 Å². The number of hydrogen-bond acceptors (Lipinski definition) is 4. The third-order valence-electron chi connectivity index (χ3n) is 3.25. The standard InChI is InChI=1S/C16H19N5/c1-16(2,3)15-19-18-14-10-9-13(20-21(14)15)17-11-12-7-5-4-6-8-12/h4-10H,11H2,1-3H3,(H,17,20). The molecular formula is C16H19N5. The Kier molecular flexibility index (Phi) is 3.33. The summed E-state index contributed by atoms with van der Waals surface area (Å²) in [5, 5.41) is 16.3. The molecule has 0 aliphatic rings. The molecule has 21 heavy (non-hydrogen) atoms. The van der Waals surface area contributed by atoms with Crippen molar-refractivity contribution in [2.75, 3.05) is 5.32 Å². The van der Waals surface area contributed by atoms with Crippen LogP contribution in [0.3, 0.4) is 0 Å². The zero-order chi connectivity index (χ0) is 14.9. The zero-order valence-electron chi connectivity index (χ0n) is 12.5. The minimum Gasteiger partial charge on any atom is -0.365 e. The molecule has 0 atom stereocenters. The first-order valence-corrected chi connectivity index (χ1v) is 7.05. The number of nitrogens with zero attached hydrogens (tertiary/aromatic N) is 4. The maximum Gasteiger partial charge on any atom is 0.178 e. The molecule has 0 bridgehead atoms. The predicted molar refractivity (Wildman–Crippen MR) is 83.3 cm³/mol. The molecule has 5 nitrogen and oxygen atoms in total. The van der Waals surface area contributed by atoms with Gasteiger partial charge in [0, 0.05) is 12.0 Å². The summed E-state index contributed by atoms with van der Waals surface area (Å²) in [6, 6.07) is 14.1. The van der Waals surface area contributed by atoms with E-state index in [9.17, 15) is 0 Å². The van der Waals surface area contributed by atoms with Gasteiger partial charge in [-0.25, -0.2) is 0 Å². The smallest absolute Gasteiger partial charge is 0.178 e. The average molecular weight is 281 g/mol. The number of anilines is 1. The van der Waals surface area contributed by atoms with Crippen LogP contribution < -0.4 is 5.32 Å². The number of fused-ring (bicyclic) bond motifs is 1. The molecule has 3 rings (SSSR count). The van der Waals surface area contributed by atoms with Gasteiger partial charge in [-0.2, -0.15) is 4.52 Å². The highest BCUT2D eigenvalue weighted by Gasteiger charge is 2.21. The van der Waals surface area contributed by atoms with E-state index in [1.165, 1.54) is 5.56 Å². The van der Waals surface area contributed by atoms with Gasteiger partial charge >= 0.3 is 0 Å². The molecule has 0 aliphatic heterocycles. The second kappa shape index (κ2) is 5.16. The topological polar surface area (TPSA) is 55.1 Å². The van der Waals surface area contributed by atoms with Crippen LogP contribution in [0.4, 0.5) is 5.82 Å². The number of benzene rings is 1. The van der Waals surface area contributed by atoms with Crippen LogP contribution in [0.15, 0.2) is 42.5 Å². The van der Waals surface area contributed by atoms with Gasteiger partial charge in [0.1, 0.15) is 5.82 Å². The lowest BCUT2D eigenvalue weighted by atomic mass is 9.96. The van der Waals surface area contributed by atoms with E-state index in [0.29, 0.717) is 0 Å². The lowest BCUT2D eigenvalue weighted by Gasteiger charge is -2.15. The first-order chi connectivity index (χ1) is 10.0. The molecule has 0 radical (unpaired) electrons. The molecule has 5 heteroatoms. The van der Waals surface area contributed by atoms with E-state index in [4.69, 9.17) is 0 Å². The van der Waals surface area contributed by atoms with E-state index in [1.807, 2.05) is 34.8 Å². The third kappa shape index (κ3) is 2.86. The van der Waals surface area contributed by atoms with Crippen molar-refractivity contribution in [1.82, 2.24) is 19.8 Å². The van der Waals surface area contributed by atoms with Gasteiger partial charge in [0.15, 0.2) is 11.5 Å². The van der Waals surface area contributed by atoms with Crippen molar-refractivity contribution in [3.8, 4) is 0 Å². The third-order valence-corrected chi connectivity index (χ3v) is 3.25. The fourth-order valence-corrected chi connectivity index (χ4v) is 2.14. The van der Waals surface area contributed by atoms with E-state index in [0.717, 1.165) is 23.8 Å². The average Bonchev–Trinajstić information content (AvgIpc) is 2.89. The molecule has 0 saturated heterocycles. The maximum atomic E-state index is 4.60. The summed E-state index contributed by atoms with van der Waals surface area (Å²) in [4.78, 5) is 0. The molecule has 0 saturated carbocycles. The Bertz CT molecular complexity index is 740. The molecular weight excluding hydrogens is 262 g/mol. The molecule has 2 heterocycles. The van der Waals surface area contributed by atoms with Gasteiger partial charge in [0.2, 0.25) is 0 Å². The van der Waals surface area contributed by atoms with E-state index in [-0.39, 0.29) is 5.41 Å². The lowest BCUT2D eigenvalue weighted by molar-refractivity contribution is 0.527. The fourth-order valence-electron chi connectivity index (χ4n) is 2.14. The van der Waals surface area contributed by atoms with Crippen molar-refractivity contribution in [2.24, 2.45) is 0 Å². The number of aromatic nitrogens is 4. The van der Waals surface area contributed by atoms with Crippen LogP contribution in [0, 0.1) is 0 Å². The molecule has 0 aliphatic carbocycles. The molecule has 108 valence electrons. The van der Waals surface area contributed by atoms with E-state index in [2.05, 4.69) is 53.5 Å². The van der Waals surface area contributed by atoms with Crippen LogP contribution >= 0.6 is 0 Å². The summed E-state index contributed by atoms with van der Waals surface area (Å²) in [6.07, 6.45) is 0. The quantitative estimate of drug-likeness (QED) is 0.801. The van der Waals surface area contributed by atoms with Gasteiger partial charge in [-0.05, 0) is 17.7 Å². The minimum atomic E-state index is -0.0928. The van der Waals surface area contributed by atoms with Crippen molar-refractivity contribution in [3.63, 3.8) is 0 Å². The van der Waals surface area contributed by atoms with Gasteiger partial charge in [-0.15, -0.1) is 15.3 Å². The summed E-state index contributed by atoms with van der Waals surface area (Å²) in [5.74, 6) is 1.68. The second-order valence-corrected chi connectivity index (χ2v) is 6.10. The van der Waals surface area contributed by atoms with E-state index >= 15 is 0 Å². The normalized spacial score (nSPS) is 11.8. The predicted octanol–water partition coefficient (Wildman–Crippen LogP) is 3.03. The van der Waals surface area contributed by atoms with Crippen LogP contribution in [-0.4, -0.2) is 19.8 Å². The Balaban J connectivity index is 1.87. The van der Waals surface area contributed by atoms with Crippen molar-refractivity contribution in [1.29, 1.82) is 0 Å². The van der Waals surface area contributed by atoms with Crippen LogP contribution in [-0.2, 0) is 12.0 Å². The zero-order valence-corrected chi connectivity index (χ0v) is 12.5. The monoisotopic (exact) mass is 281 g/mol. The van der Waals surface area contributed by atoms with Gasteiger partial charge in [0.05, 0.1) is 0 Å². The molecule has 0 spiro atoms. The first-order valence-electron chi connectivity index (χ1n) is 7.05. The van der Waals surface area contributed by atoms with Gasteiger partial charge < -0.3 is 5.32 Å². The number of hydrogen-bond donors (Lipinski definition) is 1. The largest absolute Gasteiger partial charge is 0.365 e. The highest BCUT2D eigenvalue weighted by Crippen LogP contribution is 2.20. The fraction of sp³-hybridized carbons (Fsp3) is 0.312. The highest BCUT2D eigenvalue weighted by molar-refractivity contribution is 5.44. The Hall–Kier alpha value is -2.43. The molecule has 1 N–H and O–H groups in total. The lowest BCUT2D eigenvalue weighted by Crippen LogP contribution is -2.17. The molecule has 3 aromatic rings. The maximum absolute atomic E-state index is 4.60. The Morgan fingerprint density at radius 2 is 1.76 bits per heavy atom. The Labute approximate surface area is 124 Å². The van der Waals surface area contributed by atoms with Crippen LogP contribution in [0.1, 0.15) is 32.2 Å². The molecule has 0 fully saturated rings. The molecule has 1 aromatic carbocycles. The second-order valence-electron chi connectivity index (χ2n) is 6.10. The minimum absolute atomic E-state index is 0.0928.